The molecule has 2 aliphatic rings. The van der Waals surface area contributed by atoms with Crippen LogP contribution in [0.2, 0.25) is 5.82 Å². The van der Waals surface area contributed by atoms with Crippen LogP contribution in [0.25, 0.3) is 0 Å². The maximum atomic E-state index is 11.6. The molecule has 0 aromatic heterocycles. The van der Waals surface area contributed by atoms with E-state index in [4.69, 9.17) is 15.6 Å². The highest BCUT2D eigenvalue weighted by molar-refractivity contribution is 6.44. The number of hydrogen-bond acceptors (Lipinski definition) is 8. The topological polar surface area (TPSA) is 174 Å². The third-order valence-electron chi connectivity index (χ3n) is 5.26. The van der Waals surface area contributed by atoms with Gasteiger partial charge in [0, 0.05) is 25.5 Å². The van der Waals surface area contributed by atoms with E-state index < -0.39 is 36.2 Å². The van der Waals surface area contributed by atoms with E-state index in [1.54, 1.807) is 4.90 Å². The first kappa shape index (κ1) is 20.4. The molecule has 1 aliphatic heterocycles. The van der Waals surface area contributed by atoms with E-state index in [9.17, 15) is 29.9 Å². The van der Waals surface area contributed by atoms with Crippen molar-refractivity contribution in [1.82, 2.24) is 4.90 Å². The van der Waals surface area contributed by atoms with Crippen LogP contribution >= 0.6 is 0 Å². The molecule has 1 aliphatic carbocycles. The van der Waals surface area contributed by atoms with Gasteiger partial charge in [0.1, 0.15) is 28.7 Å². The molecular formula is C17H23BN2O8. The van der Waals surface area contributed by atoms with E-state index in [1.165, 1.54) is 19.1 Å². The molecule has 1 aromatic rings. The molecule has 11 heteroatoms. The fraction of sp³-hybridized carbons (Fsp3) is 0.529. The predicted octanol–water partition coefficient (Wildman–Crippen LogP) is -0.714. The van der Waals surface area contributed by atoms with Crippen LogP contribution in [0.1, 0.15) is 35.2 Å². The molecule has 0 spiro atoms. The number of hydrogen-bond donors (Lipinski definition) is 6. The fourth-order valence-electron chi connectivity index (χ4n) is 3.53. The second-order valence-corrected chi connectivity index (χ2v) is 7.76. The van der Waals surface area contributed by atoms with Crippen LogP contribution in [0.15, 0.2) is 12.1 Å². The van der Waals surface area contributed by atoms with Crippen molar-refractivity contribution >= 4 is 19.1 Å². The number of aromatic hydroxyl groups is 1. The quantitative estimate of drug-likeness (QED) is 0.309. The van der Waals surface area contributed by atoms with Gasteiger partial charge in [-0.2, -0.15) is 0 Å². The molecule has 2 fully saturated rings. The van der Waals surface area contributed by atoms with Crippen molar-refractivity contribution in [1.29, 1.82) is 0 Å². The van der Waals surface area contributed by atoms with Gasteiger partial charge in [0.05, 0.1) is 0 Å². The number of benzene rings is 1. The van der Waals surface area contributed by atoms with Gasteiger partial charge in [-0.15, -0.1) is 0 Å². The van der Waals surface area contributed by atoms with E-state index in [0.717, 1.165) is 0 Å². The molecule has 28 heavy (non-hydrogen) atoms. The molecule has 7 N–H and O–H groups in total. The Hall–Kier alpha value is -2.34. The highest BCUT2D eigenvalue weighted by atomic mass is 16.5. The minimum absolute atomic E-state index is 0.00823. The van der Waals surface area contributed by atoms with Crippen molar-refractivity contribution in [2.75, 3.05) is 19.6 Å². The lowest BCUT2D eigenvalue weighted by molar-refractivity contribution is -0.144. The fourth-order valence-corrected chi connectivity index (χ4v) is 3.53. The number of carboxylic acids is 2. The smallest absolute Gasteiger partial charge is 0.455 e. The van der Waals surface area contributed by atoms with Crippen molar-refractivity contribution in [2.45, 2.75) is 36.7 Å². The molecular weight excluding hydrogens is 371 g/mol. The second-order valence-electron chi connectivity index (χ2n) is 7.76. The number of rotatable bonds is 8. The van der Waals surface area contributed by atoms with Gasteiger partial charge >= 0.3 is 19.1 Å². The predicted molar refractivity (Wildman–Crippen MR) is 97.4 cm³/mol. The monoisotopic (exact) mass is 394 g/mol. The van der Waals surface area contributed by atoms with Gasteiger partial charge in [-0.1, -0.05) is 6.07 Å². The maximum Gasteiger partial charge on any atom is 0.455 e. The van der Waals surface area contributed by atoms with Crippen molar-refractivity contribution in [3.8, 4) is 11.5 Å². The molecule has 0 amide bonds. The van der Waals surface area contributed by atoms with Crippen LogP contribution in [0, 0.1) is 0 Å². The van der Waals surface area contributed by atoms with Crippen molar-refractivity contribution < 1.29 is 39.7 Å². The van der Waals surface area contributed by atoms with Gasteiger partial charge in [-0.3, -0.25) is 9.69 Å². The number of aromatic carboxylic acids is 1. The molecule has 3 rings (SSSR count). The first-order valence-corrected chi connectivity index (χ1v) is 8.88. The average Bonchev–Trinajstić information content (AvgIpc) is 3.32. The molecule has 0 radical (unpaired) electrons. The van der Waals surface area contributed by atoms with Crippen LogP contribution in [0.4, 0.5) is 0 Å². The van der Waals surface area contributed by atoms with Crippen molar-refractivity contribution in [3.63, 3.8) is 0 Å². The molecule has 0 unspecified atom stereocenters. The summed E-state index contributed by atoms with van der Waals surface area (Å²) in [6.45, 7) is 2.30. The van der Waals surface area contributed by atoms with E-state index in [-0.39, 0.29) is 29.9 Å². The Balaban J connectivity index is 1.68. The standard InChI is InChI=1S/C17H23BN2O8/c1-17(19,16(24)25)7-20-5-8(6-20)28-12-3-2-9(10-4-11(10)18(26)27)14(21)13(12)15(22)23/h2-3,8,10-11,21,26-27H,4-7,19H2,1H3,(H,22,23)(H,24,25)/t10-,11-,17-/m1/s1. The molecule has 1 heterocycles. The summed E-state index contributed by atoms with van der Waals surface area (Å²) < 4.78 is 5.69. The lowest BCUT2D eigenvalue weighted by atomic mass is 9.81. The number of nitrogens with zero attached hydrogens (tertiary/aromatic N) is 1. The number of phenols is 1. The van der Waals surface area contributed by atoms with Gasteiger partial charge in [-0.05, 0) is 30.9 Å². The Kier molecular flexibility index (Phi) is 5.28. The number of carboxylic acid groups (broad SMARTS) is 2. The van der Waals surface area contributed by atoms with Crippen LogP contribution < -0.4 is 10.5 Å². The third-order valence-corrected chi connectivity index (χ3v) is 5.26. The number of likely N-dealkylation sites (tertiary alicyclic amines) is 1. The minimum Gasteiger partial charge on any atom is -0.507 e. The number of ether oxygens (including phenoxy) is 1. The summed E-state index contributed by atoms with van der Waals surface area (Å²) in [5.41, 5.74) is 4.29. The Morgan fingerprint density at radius 1 is 1.32 bits per heavy atom. The first-order valence-electron chi connectivity index (χ1n) is 8.88. The number of aliphatic carboxylic acids is 1. The highest BCUT2D eigenvalue weighted by Gasteiger charge is 2.48. The van der Waals surface area contributed by atoms with E-state index >= 15 is 0 Å². The van der Waals surface area contributed by atoms with Crippen LogP contribution in [-0.4, -0.2) is 80.6 Å². The third kappa shape index (κ3) is 3.92. The summed E-state index contributed by atoms with van der Waals surface area (Å²) in [7, 11) is -1.52. The number of carbonyl (C=O) groups is 2. The van der Waals surface area contributed by atoms with Gasteiger partial charge < -0.3 is 35.8 Å². The zero-order valence-electron chi connectivity index (χ0n) is 15.3. The van der Waals surface area contributed by atoms with Gasteiger partial charge in [0.25, 0.3) is 0 Å². The summed E-state index contributed by atoms with van der Waals surface area (Å²) in [6.07, 6.45) is 0.0876. The normalized spacial score (nSPS) is 24.1. The Bertz CT molecular complexity index is 794. The summed E-state index contributed by atoms with van der Waals surface area (Å²) in [5, 5.41) is 47.4. The summed E-state index contributed by atoms with van der Waals surface area (Å²) in [5.74, 6) is -3.64. The lowest BCUT2D eigenvalue weighted by Crippen LogP contribution is -2.62. The Labute approximate surface area is 161 Å². The molecule has 1 saturated carbocycles. The largest absolute Gasteiger partial charge is 0.507 e. The van der Waals surface area contributed by atoms with Gasteiger partial charge in [0.2, 0.25) is 0 Å². The molecule has 1 aromatic carbocycles. The van der Waals surface area contributed by atoms with Crippen molar-refractivity contribution in [2.24, 2.45) is 5.73 Å². The molecule has 1 saturated heterocycles. The van der Waals surface area contributed by atoms with Gasteiger partial charge in [-0.25, -0.2) is 4.79 Å². The van der Waals surface area contributed by atoms with Gasteiger partial charge in [0.15, 0.2) is 0 Å². The minimum atomic E-state index is -1.52. The van der Waals surface area contributed by atoms with Crippen LogP contribution in [0.5, 0.6) is 11.5 Å². The van der Waals surface area contributed by atoms with E-state index in [1.807, 2.05) is 0 Å². The summed E-state index contributed by atoms with van der Waals surface area (Å²) in [6, 6.07) is 2.98. The van der Waals surface area contributed by atoms with Crippen LogP contribution in [-0.2, 0) is 4.79 Å². The Morgan fingerprint density at radius 2 is 1.96 bits per heavy atom. The van der Waals surface area contributed by atoms with Crippen molar-refractivity contribution in [3.05, 3.63) is 23.3 Å². The SMILES string of the molecule is C[C@@](N)(CN1CC(Oc2ccc([C@H]3C[C@H]3B(O)O)c(O)c2C(=O)O)C1)C(=O)O. The second kappa shape index (κ2) is 7.24. The zero-order valence-corrected chi connectivity index (χ0v) is 15.3. The Morgan fingerprint density at radius 3 is 2.46 bits per heavy atom. The zero-order chi connectivity index (χ0) is 20.8. The highest BCUT2D eigenvalue weighted by Crippen LogP contribution is 2.56. The molecule has 152 valence electrons. The lowest BCUT2D eigenvalue weighted by Gasteiger charge is -2.41. The first-order chi connectivity index (χ1) is 13.0. The summed E-state index contributed by atoms with van der Waals surface area (Å²) in [4.78, 5) is 24.5. The average molecular weight is 394 g/mol. The van der Waals surface area contributed by atoms with E-state index in [0.29, 0.717) is 25.1 Å². The maximum absolute atomic E-state index is 11.6. The number of nitrogens with two attached hydrogens (primary N) is 1. The molecule has 10 nitrogen and oxygen atoms in total. The van der Waals surface area contributed by atoms with Crippen LogP contribution in [0.3, 0.4) is 0 Å². The summed E-state index contributed by atoms with van der Waals surface area (Å²) >= 11 is 0. The van der Waals surface area contributed by atoms with E-state index in [2.05, 4.69) is 0 Å². The molecule has 3 atom stereocenters. The molecule has 0 bridgehead atoms.